The van der Waals surface area contributed by atoms with E-state index in [9.17, 15) is 4.79 Å². The van der Waals surface area contributed by atoms with E-state index in [-0.39, 0.29) is 5.91 Å². The van der Waals surface area contributed by atoms with Crippen LogP contribution in [0.3, 0.4) is 0 Å². The van der Waals surface area contributed by atoms with Crippen LogP contribution in [0.1, 0.15) is 29.1 Å². The van der Waals surface area contributed by atoms with Crippen molar-refractivity contribution in [2.75, 3.05) is 0 Å². The monoisotopic (exact) mass is 334 g/mol. The third-order valence-corrected chi connectivity index (χ3v) is 4.02. The fourth-order valence-electron chi connectivity index (χ4n) is 2.73. The van der Waals surface area contributed by atoms with Crippen LogP contribution in [0.4, 0.5) is 0 Å². The van der Waals surface area contributed by atoms with Gasteiger partial charge in [-0.1, -0.05) is 18.2 Å². The maximum atomic E-state index is 12.0. The first-order valence-electron chi connectivity index (χ1n) is 8.41. The number of benzene rings is 1. The Kier molecular flexibility index (Phi) is 5.23. The third-order valence-electron chi connectivity index (χ3n) is 4.02. The third kappa shape index (κ3) is 4.53. The molecule has 3 rings (SSSR count). The number of nitrogens with one attached hydrogen (secondary N) is 1. The van der Waals surface area contributed by atoms with Gasteiger partial charge in [0.05, 0.1) is 23.6 Å². The van der Waals surface area contributed by atoms with Gasteiger partial charge in [-0.15, -0.1) is 0 Å². The van der Waals surface area contributed by atoms with Gasteiger partial charge < -0.3 is 5.32 Å². The molecule has 2 aromatic heterocycles. The molecule has 0 radical (unpaired) electrons. The summed E-state index contributed by atoms with van der Waals surface area (Å²) in [7, 11) is 0. The molecule has 0 spiro atoms. The molecule has 25 heavy (non-hydrogen) atoms. The highest BCUT2D eigenvalue weighted by molar-refractivity contribution is 5.76. The summed E-state index contributed by atoms with van der Waals surface area (Å²) in [5.74, 6) is 0.0354. The van der Waals surface area contributed by atoms with Crippen LogP contribution in [0.5, 0.6) is 0 Å². The number of aryl methyl sites for hydroxylation is 3. The van der Waals surface area contributed by atoms with Gasteiger partial charge in [-0.3, -0.25) is 9.78 Å². The van der Waals surface area contributed by atoms with Crippen LogP contribution in [0.2, 0.25) is 0 Å². The zero-order valence-corrected chi connectivity index (χ0v) is 14.6. The summed E-state index contributed by atoms with van der Waals surface area (Å²) in [5, 5.41) is 7.39. The molecular weight excluding hydrogens is 312 g/mol. The highest BCUT2D eigenvalue weighted by atomic mass is 16.1. The quantitative estimate of drug-likeness (QED) is 0.753. The number of carbonyl (C=O) groups is 1. The summed E-state index contributed by atoms with van der Waals surface area (Å²) in [6, 6.07) is 15.9. The number of amides is 1. The van der Waals surface area contributed by atoms with E-state index in [1.807, 2.05) is 48.9 Å². The van der Waals surface area contributed by atoms with Gasteiger partial charge in [0.15, 0.2) is 0 Å². The Morgan fingerprint density at radius 1 is 1.12 bits per heavy atom. The van der Waals surface area contributed by atoms with Crippen LogP contribution >= 0.6 is 0 Å². The standard InChI is InChI=1S/C20H22N4O/c1-15-13-16(2)24(23-15)19-9-6-17(7-10-19)8-11-20(25)22-14-18-5-3-4-12-21-18/h3-7,9-10,12-13H,8,11,14H2,1-2H3,(H,22,25). The molecule has 0 aliphatic carbocycles. The number of hydrogen-bond acceptors (Lipinski definition) is 3. The molecule has 1 amide bonds. The second-order valence-corrected chi connectivity index (χ2v) is 6.10. The zero-order chi connectivity index (χ0) is 17.6. The first kappa shape index (κ1) is 16.9. The second kappa shape index (κ2) is 7.75. The summed E-state index contributed by atoms with van der Waals surface area (Å²) < 4.78 is 1.93. The Morgan fingerprint density at radius 2 is 1.92 bits per heavy atom. The van der Waals surface area contributed by atoms with Crippen molar-refractivity contribution < 1.29 is 4.79 Å². The van der Waals surface area contributed by atoms with Crippen molar-refractivity contribution in [1.82, 2.24) is 20.1 Å². The average molecular weight is 334 g/mol. The van der Waals surface area contributed by atoms with E-state index >= 15 is 0 Å². The number of hydrogen-bond donors (Lipinski definition) is 1. The second-order valence-electron chi connectivity index (χ2n) is 6.10. The lowest BCUT2D eigenvalue weighted by atomic mass is 10.1. The number of nitrogens with zero attached hydrogens (tertiary/aromatic N) is 3. The maximum absolute atomic E-state index is 12.0. The van der Waals surface area contributed by atoms with E-state index in [2.05, 4.69) is 33.6 Å². The molecule has 128 valence electrons. The Bertz CT molecular complexity index is 838. The van der Waals surface area contributed by atoms with E-state index in [0.717, 1.165) is 28.3 Å². The molecule has 0 bridgehead atoms. The molecule has 2 heterocycles. The molecule has 3 aromatic rings. The van der Waals surface area contributed by atoms with Gasteiger partial charge >= 0.3 is 0 Å². The van der Waals surface area contributed by atoms with E-state index in [1.54, 1.807) is 6.20 Å². The van der Waals surface area contributed by atoms with Gasteiger partial charge in [-0.2, -0.15) is 5.10 Å². The predicted octanol–water partition coefficient (Wildman–Crippen LogP) is 3.13. The molecule has 5 nitrogen and oxygen atoms in total. The van der Waals surface area contributed by atoms with E-state index in [1.165, 1.54) is 0 Å². The number of rotatable bonds is 6. The minimum atomic E-state index is 0.0354. The molecular formula is C20H22N4O. The van der Waals surface area contributed by atoms with Gasteiger partial charge in [0.1, 0.15) is 0 Å². The summed E-state index contributed by atoms with van der Waals surface area (Å²) >= 11 is 0. The highest BCUT2D eigenvalue weighted by Crippen LogP contribution is 2.14. The molecule has 0 unspecified atom stereocenters. The lowest BCUT2D eigenvalue weighted by molar-refractivity contribution is -0.121. The molecule has 0 fully saturated rings. The number of pyridine rings is 1. The smallest absolute Gasteiger partial charge is 0.220 e. The van der Waals surface area contributed by atoms with Gasteiger partial charge in [-0.25, -0.2) is 4.68 Å². The van der Waals surface area contributed by atoms with Gasteiger partial charge in [0.25, 0.3) is 0 Å². The average Bonchev–Trinajstić information content (AvgIpc) is 2.98. The van der Waals surface area contributed by atoms with Gasteiger partial charge in [0.2, 0.25) is 5.91 Å². The Hall–Kier alpha value is -2.95. The van der Waals surface area contributed by atoms with Crippen LogP contribution in [0, 0.1) is 13.8 Å². The van der Waals surface area contributed by atoms with Crippen molar-refractivity contribution >= 4 is 5.91 Å². The highest BCUT2D eigenvalue weighted by Gasteiger charge is 2.05. The van der Waals surface area contributed by atoms with Gasteiger partial charge in [0, 0.05) is 18.3 Å². The summed E-state index contributed by atoms with van der Waals surface area (Å²) in [4.78, 5) is 16.2. The Morgan fingerprint density at radius 3 is 2.56 bits per heavy atom. The van der Waals surface area contributed by atoms with Gasteiger partial charge in [-0.05, 0) is 56.2 Å². The Labute approximate surface area is 147 Å². The molecule has 0 aliphatic heterocycles. The van der Waals surface area contributed by atoms with Crippen molar-refractivity contribution in [2.45, 2.75) is 33.2 Å². The van der Waals surface area contributed by atoms with Crippen molar-refractivity contribution in [1.29, 1.82) is 0 Å². The summed E-state index contributed by atoms with van der Waals surface area (Å²) in [6.45, 7) is 4.50. The normalized spacial score (nSPS) is 10.6. The maximum Gasteiger partial charge on any atom is 0.220 e. The number of carbonyl (C=O) groups excluding carboxylic acids is 1. The van der Waals surface area contributed by atoms with Crippen LogP contribution in [0.25, 0.3) is 5.69 Å². The predicted molar refractivity (Wildman–Crippen MR) is 97.4 cm³/mol. The SMILES string of the molecule is Cc1cc(C)n(-c2ccc(CCC(=O)NCc3ccccn3)cc2)n1. The number of aromatic nitrogens is 3. The summed E-state index contributed by atoms with van der Waals surface area (Å²) in [6.07, 6.45) is 2.91. The van der Waals surface area contributed by atoms with Crippen molar-refractivity contribution in [3.05, 3.63) is 77.4 Å². The lowest BCUT2D eigenvalue weighted by Crippen LogP contribution is -2.23. The van der Waals surface area contributed by atoms with Crippen molar-refractivity contribution in [3.63, 3.8) is 0 Å². The van der Waals surface area contributed by atoms with Crippen LogP contribution in [0.15, 0.2) is 54.7 Å². The fourth-order valence-corrected chi connectivity index (χ4v) is 2.73. The molecule has 5 heteroatoms. The minimum Gasteiger partial charge on any atom is -0.350 e. The minimum absolute atomic E-state index is 0.0354. The first-order valence-corrected chi connectivity index (χ1v) is 8.41. The van der Waals surface area contributed by atoms with Crippen LogP contribution in [-0.2, 0) is 17.8 Å². The fraction of sp³-hybridized carbons (Fsp3) is 0.250. The summed E-state index contributed by atoms with van der Waals surface area (Å²) in [5.41, 5.74) is 5.16. The van der Waals surface area contributed by atoms with E-state index in [0.29, 0.717) is 19.4 Å². The lowest BCUT2D eigenvalue weighted by Gasteiger charge is -2.07. The molecule has 0 atom stereocenters. The molecule has 0 saturated heterocycles. The zero-order valence-electron chi connectivity index (χ0n) is 14.6. The first-order chi connectivity index (χ1) is 12.1. The molecule has 0 saturated carbocycles. The van der Waals surface area contributed by atoms with E-state index in [4.69, 9.17) is 0 Å². The molecule has 1 N–H and O–H groups in total. The molecule has 0 aliphatic rings. The van der Waals surface area contributed by atoms with Crippen molar-refractivity contribution in [2.24, 2.45) is 0 Å². The van der Waals surface area contributed by atoms with Crippen LogP contribution < -0.4 is 5.32 Å². The van der Waals surface area contributed by atoms with Crippen molar-refractivity contribution in [3.8, 4) is 5.69 Å². The van der Waals surface area contributed by atoms with E-state index < -0.39 is 0 Å². The Balaban J connectivity index is 1.51. The molecule has 1 aromatic carbocycles. The largest absolute Gasteiger partial charge is 0.350 e. The van der Waals surface area contributed by atoms with Crippen LogP contribution in [-0.4, -0.2) is 20.7 Å². The topological polar surface area (TPSA) is 59.8 Å².